The molecule has 0 spiro atoms. The SMILES string of the molecule is CCCn1nccc1-c1cc(C(=O)O)c(C)o1. The topological polar surface area (TPSA) is 68.3 Å². The van der Waals surface area contributed by atoms with Crippen LogP contribution in [0.15, 0.2) is 22.7 Å². The molecule has 0 bridgehead atoms. The van der Waals surface area contributed by atoms with Crippen LogP contribution in [0.25, 0.3) is 11.5 Å². The van der Waals surface area contributed by atoms with Gasteiger partial charge < -0.3 is 9.52 Å². The molecule has 2 aromatic heterocycles. The van der Waals surface area contributed by atoms with Gasteiger partial charge in [0.05, 0.1) is 0 Å². The van der Waals surface area contributed by atoms with Crippen molar-refractivity contribution in [3.8, 4) is 11.5 Å². The first kappa shape index (κ1) is 11.4. The van der Waals surface area contributed by atoms with Crippen molar-refractivity contribution in [3.05, 3.63) is 29.7 Å². The molecule has 5 heteroatoms. The van der Waals surface area contributed by atoms with Crippen LogP contribution in [0.3, 0.4) is 0 Å². The average molecular weight is 234 g/mol. The zero-order valence-corrected chi connectivity index (χ0v) is 9.80. The number of aryl methyl sites for hydroxylation is 2. The number of aromatic nitrogens is 2. The summed E-state index contributed by atoms with van der Waals surface area (Å²) in [7, 11) is 0. The highest BCUT2D eigenvalue weighted by atomic mass is 16.4. The second-order valence-electron chi connectivity index (χ2n) is 3.83. The summed E-state index contributed by atoms with van der Waals surface area (Å²) in [6.45, 7) is 4.49. The molecule has 0 aliphatic heterocycles. The Balaban J connectivity index is 2.42. The molecule has 0 amide bonds. The van der Waals surface area contributed by atoms with Crippen LogP contribution in [0.4, 0.5) is 0 Å². The van der Waals surface area contributed by atoms with Gasteiger partial charge in [0.1, 0.15) is 17.0 Å². The van der Waals surface area contributed by atoms with E-state index in [9.17, 15) is 4.79 Å². The molecule has 90 valence electrons. The number of furan rings is 1. The van der Waals surface area contributed by atoms with E-state index in [1.54, 1.807) is 19.2 Å². The summed E-state index contributed by atoms with van der Waals surface area (Å²) in [5.74, 6) is -0.0124. The molecular formula is C12H14N2O3. The van der Waals surface area contributed by atoms with Gasteiger partial charge in [-0.3, -0.25) is 4.68 Å². The molecule has 0 atom stereocenters. The summed E-state index contributed by atoms with van der Waals surface area (Å²) in [6, 6.07) is 3.36. The van der Waals surface area contributed by atoms with Crippen molar-refractivity contribution in [2.24, 2.45) is 0 Å². The van der Waals surface area contributed by atoms with Gasteiger partial charge in [-0.15, -0.1) is 0 Å². The number of nitrogens with zero attached hydrogens (tertiary/aromatic N) is 2. The van der Waals surface area contributed by atoms with Crippen LogP contribution < -0.4 is 0 Å². The molecule has 1 N–H and O–H groups in total. The first-order valence-electron chi connectivity index (χ1n) is 5.49. The minimum absolute atomic E-state index is 0.198. The molecule has 0 saturated heterocycles. The molecule has 0 fully saturated rings. The molecule has 2 rings (SSSR count). The van der Waals surface area contributed by atoms with E-state index in [1.807, 2.05) is 10.7 Å². The molecule has 0 saturated carbocycles. The highest BCUT2D eigenvalue weighted by Crippen LogP contribution is 2.25. The number of carboxylic acids is 1. The average Bonchev–Trinajstić information content (AvgIpc) is 2.84. The predicted molar refractivity (Wildman–Crippen MR) is 61.9 cm³/mol. The minimum Gasteiger partial charge on any atom is -0.478 e. The number of aromatic carboxylic acids is 1. The van der Waals surface area contributed by atoms with Gasteiger partial charge in [-0.05, 0) is 19.4 Å². The van der Waals surface area contributed by atoms with Crippen molar-refractivity contribution in [3.63, 3.8) is 0 Å². The smallest absolute Gasteiger partial charge is 0.339 e. The summed E-state index contributed by atoms with van der Waals surface area (Å²) in [5.41, 5.74) is 1.01. The third-order valence-corrected chi connectivity index (χ3v) is 2.55. The molecular weight excluding hydrogens is 220 g/mol. The van der Waals surface area contributed by atoms with Crippen LogP contribution in [0, 0.1) is 6.92 Å². The standard InChI is InChI=1S/C12H14N2O3/c1-3-6-14-10(4-5-13-14)11-7-9(12(15)16)8(2)17-11/h4-5,7H,3,6H2,1-2H3,(H,15,16). The summed E-state index contributed by atoms with van der Waals surface area (Å²) in [5, 5.41) is 13.1. The zero-order valence-electron chi connectivity index (χ0n) is 9.80. The zero-order chi connectivity index (χ0) is 12.4. The fourth-order valence-corrected chi connectivity index (χ4v) is 1.75. The maximum absolute atomic E-state index is 10.9. The largest absolute Gasteiger partial charge is 0.478 e. The van der Waals surface area contributed by atoms with Gasteiger partial charge in [-0.25, -0.2) is 4.79 Å². The van der Waals surface area contributed by atoms with Crippen LogP contribution in [-0.4, -0.2) is 20.9 Å². The lowest BCUT2D eigenvalue weighted by molar-refractivity contribution is 0.0695. The molecule has 2 aromatic rings. The number of rotatable bonds is 4. The van der Waals surface area contributed by atoms with Crippen LogP contribution in [0.1, 0.15) is 29.5 Å². The number of hydrogen-bond donors (Lipinski definition) is 1. The molecule has 0 aliphatic rings. The number of carbonyl (C=O) groups is 1. The lowest BCUT2D eigenvalue weighted by Crippen LogP contribution is -2.00. The second-order valence-corrected chi connectivity index (χ2v) is 3.83. The third kappa shape index (κ3) is 2.08. The van der Waals surface area contributed by atoms with Gasteiger partial charge in [0, 0.05) is 18.8 Å². The van der Waals surface area contributed by atoms with Gasteiger partial charge in [0.25, 0.3) is 0 Å². The van der Waals surface area contributed by atoms with Gasteiger partial charge >= 0.3 is 5.97 Å². The van der Waals surface area contributed by atoms with Crippen molar-refractivity contribution in [2.75, 3.05) is 0 Å². The Morgan fingerprint density at radius 1 is 1.59 bits per heavy atom. The third-order valence-electron chi connectivity index (χ3n) is 2.55. The fraction of sp³-hybridized carbons (Fsp3) is 0.333. The molecule has 0 unspecified atom stereocenters. The Morgan fingerprint density at radius 2 is 2.35 bits per heavy atom. The van der Waals surface area contributed by atoms with E-state index in [4.69, 9.17) is 9.52 Å². The molecule has 2 heterocycles. The van der Waals surface area contributed by atoms with Gasteiger partial charge in [-0.2, -0.15) is 5.10 Å². The molecule has 17 heavy (non-hydrogen) atoms. The van der Waals surface area contributed by atoms with Crippen molar-refractivity contribution in [1.82, 2.24) is 9.78 Å². The van der Waals surface area contributed by atoms with Crippen molar-refractivity contribution < 1.29 is 14.3 Å². The maximum Gasteiger partial charge on any atom is 0.339 e. The second kappa shape index (κ2) is 4.45. The Kier molecular flexibility index (Phi) is 2.99. The Hall–Kier alpha value is -2.04. The summed E-state index contributed by atoms with van der Waals surface area (Å²) in [6.07, 6.45) is 2.64. The summed E-state index contributed by atoms with van der Waals surface area (Å²) in [4.78, 5) is 10.9. The van der Waals surface area contributed by atoms with E-state index in [0.29, 0.717) is 11.5 Å². The molecule has 5 nitrogen and oxygen atoms in total. The highest BCUT2D eigenvalue weighted by Gasteiger charge is 2.16. The number of hydrogen-bond acceptors (Lipinski definition) is 3. The quantitative estimate of drug-likeness (QED) is 0.882. The van der Waals surface area contributed by atoms with Gasteiger partial charge in [0.2, 0.25) is 0 Å². The minimum atomic E-state index is -0.973. The number of carboxylic acid groups (broad SMARTS) is 1. The Bertz CT molecular complexity index is 540. The molecule has 0 aromatic carbocycles. The van der Waals surface area contributed by atoms with Gasteiger partial charge in [0.15, 0.2) is 5.76 Å². The van der Waals surface area contributed by atoms with E-state index in [1.165, 1.54) is 0 Å². The van der Waals surface area contributed by atoms with Crippen LogP contribution in [0.5, 0.6) is 0 Å². The van der Waals surface area contributed by atoms with Crippen molar-refractivity contribution >= 4 is 5.97 Å². The van der Waals surface area contributed by atoms with E-state index in [2.05, 4.69) is 12.0 Å². The van der Waals surface area contributed by atoms with Crippen LogP contribution >= 0.6 is 0 Å². The maximum atomic E-state index is 10.9. The predicted octanol–water partition coefficient (Wildman–Crippen LogP) is 2.56. The summed E-state index contributed by atoms with van der Waals surface area (Å²) >= 11 is 0. The first-order chi connectivity index (χ1) is 8.13. The highest BCUT2D eigenvalue weighted by molar-refractivity contribution is 5.90. The molecule has 0 radical (unpaired) electrons. The Labute approximate surface area is 98.7 Å². The van der Waals surface area contributed by atoms with E-state index in [0.717, 1.165) is 18.7 Å². The summed E-state index contributed by atoms with van der Waals surface area (Å²) < 4.78 is 7.28. The van der Waals surface area contributed by atoms with Crippen LogP contribution in [-0.2, 0) is 6.54 Å². The normalized spacial score (nSPS) is 10.7. The van der Waals surface area contributed by atoms with E-state index >= 15 is 0 Å². The monoisotopic (exact) mass is 234 g/mol. The van der Waals surface area contributed by atoms with Crippen molar-refractivity contribution in [2.45, 2.75) is 26.8 Å². The van der Waals surface area contributed by atoms with Crippen molar-refractivity contribution in [1.29, 1.82) is 0 Å². The first-order valence-corrected chi connectivity index (χ1v) is 5.49. The van der Waals surface area contributed by atoms with E-state index < -0.39 is 5.97 Å². The van der Waals surface area contributed by atoms with Gasteiger partial charge in [-0.1, -0.05) is 6.92 Å². The fourth-order valence-electron chi connectivity index (χ4n) is 1.75. The lowest BCUT2D eigenvalue weighted by Gasteiger charge is -2.02. The molecule has 0 aliphatic carbocycles. The van der Waals surface area contributed by atoms with E-state index in [-0.39, 0.29) is 5.56 Å². The Morgan fingerprint density at radius 3 is 2.94 bits per heavy atom. The van der Waals surface area contributed by atoms with Crippen LogP contribution in [0.2, 0.25) is 0 Å². The lowest BCUT2D eigenvalue weighted by atomic mass is 10.2.